The first-order valence-electron chi connectivity index (χ1n) is 5.88. The molecule has 0 bridgehead atoms. The van der Waals surface area contributed by atoms with Crippen molar-refractivity contribution in [3.8, 4) is 0 Å². The van der Waals surface area contributed by atoms with Crippen LogP contribution in [0.15, 0.2) is 0 Å². The molecule has 0 aromatic carbocycles. The van der Waals surface area contributed by atoms with Gasteiger partial charge in [-0.3, -0.25) is 4.68 Å². The predicted molar refractivity (Wildman–Crippen MR) is 68.3 cm³/mol. The Balaban J connectivity index is 2.23. The SMILES string of the molecule is CCc1nn(C)c(CC2(CCl)CCC2)c1Cl. The number of halogens is 2. The second-order valence-corrected chi connectivity index (χ2v) is 5.49. The molecular weight excluding hydrogens is 243 g/mol. The Bertz CT molecular complexity index is 375. The molecule has 1 aliphatic rings. The number of hydrogen-bond donors (Lipinski definition) is 0. The molecule has 0 atom stereocenters. The van der Waals surface area contributed by atoms with Crippen molar-refractivity contribution in [1.29, 1.82) is 0 Å². The lowest BCUT2D eigenvalue weighted by Crippen LogP contribution is -2.34. The van der Waals surface area contributed by atoms with Gasteiger partial charge >= 0.3 is 0 Å². The zero-order valence-electron chi connectivity index (χ0n) is 9.89. The van der Waals surface area contributed by atoms with E-state index in [4.69, 9.17) is 23.2 Å². The smallest absolute Gasteiger partial charge is 0.0849 e. The third kappa shape index (κ3) is 1.98. The Morgan fingerprint density at radius 3 is 2.50 bits per heavy atom. The van der Waals surface area contributed by atoms with Gasteiger partial charge < -0.3 is 0 Å². The summed E-state index contributed by atoms with van der Waals surface area (Å²) >= 11 is 12.4. The summed E-state index contributed by atoms with van der Waals surface area (Å²) < 4.78 is 1.92. The number of nitrogens with zero attached hydrogens (tertiary/aromatic N) is 2. The van der Waals surface area contributed by atoms with Crippen LogP contribution in [0.2, 0.25) is 5.02 Å². The lowest BCUT2D eigenvalue weighted by Gasteiger charge is -2.40. The van der Waals surface area contributed by atoms with Crippen LogP contribution in [0.25, 0.3) is 0 Å². The van der Waals surface area contributed by atoms with Gasteiger partial charge in [-0.1, -0.05) is 24.9 Å². The van der Waals surface area contributed by atoms with Crippen LogP contribution in [0.4, 0.5) is 0 Å². The summed E-state index contributed by atoms with van der Waals surface area (Å²) in [6.07, 6.45) is 5.60. The van der Waals surface area contributed by atoms with Gasteiger partial charge in [0, 0.05) is 12.9 Å². The van der Waals surface area contributed by atoms with Crippen LogP contribution in [-0.4, -0.2) is 15.7 Å². The molecule has 1 aromatic heterocycles. The van der Waals surface area contributed by atoms with E-state index in [9.17, 15) is 0 Å². The van der Waals surface area contributed by atoms with Crippen molar-refractivity contribution in [2.75, 3.05) is 5.88 Å². The molecule has 0 aliphatic heterocycles. The van der Waals surface area contributed by atoms with Gasteiger partial charge in [0.15, 0.2) is 0 Å². The first-order valence-corrected chi connectivity index (χ1v) is 6.79. The van der Waals surface area contributed by atoms with Gasteiger partial charge in [-0.2, -0.15) is 5.10 Å². The Kier molecular flexibility index (Phi) is 3.50. The average molecular weight is 261 g/mol. The van der Waals surface area contributed by atoms with Gasteiger partial charge in [0.25, 0.3) is 0 Å². The molecule has 1 saturated carbocycles. The molecule has 0 saturated heterocycles. The molecule has 1 fully saturated rings. The van der Waals surface area contributed by atoms with Crippen molar-refractivity contribution in [2.24, 2.45) is 12.5 Å². The normalized spacial score (nSPS) is 18.5. The van der Waals surface area contributed by atoms with Crippen molar-refractivity contribution in [3.05, 3.63) is 16.4 Å². The Morgan fingerprint density at radius 1 is 1.44 bits per heavy atom. The van der Waals surface area contributed by atoms with Gasteiger partial charge in [0.2, 0.25) is 0 Å². The molecule has 0 amide bonds. The van der Waals surface area contributed by atoms with Crippen LogP contribution >= 0.6 is 23.2 Å². The maximum absolute atomic E-state index is 6.35. The summed E-state index contributed by atoms with van der Waals surface area (Å²) in [6, 6.07) is 0. The number of alkyl halides is 1. The van der Waals surface area contributed by atoms with E-state index >= 15 is 0 Å². The van der Waals surface area contributed by atoms with Gasteiger partial charge in [-0.15, -0.1) is 11.6 Å². The van der Waals surface area contributed by atoms with Crippen molar-refractivity contribution in [1.82, 2.24) is 9.78 Å². The maximum atomic E-state index is 6.35. The van der Waals surface area contributed by atoms with Crippen LogP contribution in [0.3, 0.4) is 0 Å². The van der Waals surface area contributed by atoms with E-state index in [0.717, 1.165) is 35.1 Å². The van der Waals surface area contributed by atoms with E-state index in [1.165, 1.54) is 19.3 Å². The first kappa shape index (κ1) is 12.3. The van der Waals surface area contributed by atoms with E-state index in [1.807, 2.05) is 11.7 Å². The summed E-state index contributed by atoms with van der Waals surface area (Å²) in [6.45, 7) is 2.08. The maximum Gasteiger partial charge on any atom is 0.0849 e. The second-order valence-electron chi connectivity index (χ2n) is 4.85. The number of rotatable bonds is 4. The molecule has 0 unspecified atom stereocenters. The Morgan fingerprint density at radius 2 is 2.12 bits per heavy atom. The van der Waals surface area contributed by atoms with Crippen LogP contribution in [0.1, 0.15) is 37.6 Å². The average Bonchev–Trinajstić information content (AvgIpc) is 2.49. The molecule has 1 aromatic rings. The molecule has 1 heterocycles. The molecular formula is C12H18Cl2N2. The fourth-order valence-corrected chi connectivity index (χ4v) is 3.12. The van der Waals surface area contributed by atoms with E-state index < -0.39 is 0 Å². The number of aromatic nitrogens is 2. The van der Waals surface area contributed by atoms with Crippen LogP contribution in [-0.2, 0) is 19.9 Å². The molecule has 90 valence electrons. The molecule has 1 aliphatic carbocycles. The fraction of sp³-hybridized carbons (Fsp3) is 0.750. The standard InChI is InChI=1S/C12H18Cl2N2/c1-3-9-11(14)10(16(2)15-9)7-12(8-13)5-4-6-12/h3-8H2,1-2H3. The lowest BCUT2D eigenvalue weighted by molar-refractivity contribution is 0.162. The van der Waals surface area contributed by atoms with Crippen molar-refractivity contribution >= 4 is 23.2 Å². The molecule has 16 heavy (non-hydrogen) atoms. The first-order chi connectivity index (χ1) is 7.62. The molecule has 0 spiro atoms. The third-order valence-corrected chi connectivity index (χ3v) is 4.75. The molecule has 0 N–H and O–H groups in total. The zero-order valence-corrected chi connectivity index (χ0v) is 11.4. The summed E-state index contributed by atoms with van der Waals surface area (Å²) in [7, 11) is 1.97. The van der Waals surface area contributed by atoms with E-state index in [1.54, 1.807) is 0 Å². The highest BCUT2D eigenvalue weighted by atomic mass is 35.5. The van der Waals surface area contributed by atoms with Gasteiger partial charge in [0.1, 0.15) is 0 Å². The highest BCUT2D eigenvalue weighted by molar-refractivity contribution is 6.31. The fourth-order valence-electron chi connectivity index (χ4n) is 2.40. The topological polar surface area (TPSA) is 17.8 Å². The lowest BCUT2D eigenvalue weighted by atomic mass is 9.67. The summed E-state index contributed by atoms with van der Waals surface area (Å²) in [5.41, 5.74) is 2.44. The summed E-state index contributed by atoms with van der Waals surface area (Å²) in [4.78, 5) is 0. The van der Waals surface area contributed by atoms with Crippen molar-refractivity contribution in [2.45, 2.75) is 39.0 Å². The zero-order chi connectivity index (χ0) is 11.8. The number of hydrogen-bond acceptors (Lipinski definition) is 1. The van der Waals surface area contributed by atoms with Crippen molar-refractivity contribution < 1.29 is 0 Å². The highest BCUT2D eigenvalue weighted by Gasteiger charge is 2.37. The quantitative estimate of drug-likeness (QED) is 0.757. The third-order valence-electron chi connectivity index (χ3n) is 3.74. The van der Waals surface area contributed by atoms with E-state index in [-0.39, 0.29) is 5.41 Å². The van der Waals surface area contributed by atoms with E-state index in [0.29, 0.717) is 0 Å². The predicted octanol–water partition coefficient (Wildman–Crippen LogP) is 3.59. The molecule has 4 heteroatoms. The molecule has 2 nitrogen and oxygen atoms in total. The number of aryl methyl sites for hydroxylation is 2. The monoisotopic (exact) mass is 260 g/mol. The highest BCUT2D eigenvalue weighted by Crippen LogP contribution is 2.45. The molecule has 0 radical (unpaired) electrons. The van der Waals surface area contributed by atoms with Crippen LogP contribution in [0, 0.1) is 5.41 Å². The van der Waals surface area contributed by atoms with E-state index in [2.05, 4.69) is 12.0 Å². The minimum atomic E-state index is 0.282. The minimum Gasteiger partial charge on any atom is -0.271 e. The second kappa shape index (κ2) is 4.58. The summed E-state index contributed by atoms with van der Waals surface area (Å²) in [5.74, 6) is 0.732. The largest absolute Gasteiger partial charge is 0.271 e. The summed E-state index contributed by atoms with van der Waals surface area (Å²) in [5, 5.41) is 5.30. The van der Waals surface area contributed by atoms with Crippen LogP contribution < -0.4 is 0 Å². The van der Waals surface area contributed by atoms with Gasteiger partial charge in [-0.05, 0) is 31.1 Å². The Labute approximate surface area is 107 Å². The van der Waals surface area contributed by atoms with Gasteiger partial charge in [0.05, 0.1) is 16.4 Å². The van der Waals surface area contributed by atoms with Gasteiger partial charge in [-0.25, -0.2) is 0 Å². The van der Waals surface area contributed by atoms with Crippen LogP contribution in [0.5, 0.6) is 0 Å². The molecule has 2 rings (SSSR count). The minimum absolute atomic E-state index is 0.282. The van der Waals surface area contributed by atoms with Crippen molar-refractivity contribution in [3.63, 3.8) is 0 Å². The Hall–Kier alpha value is -0.210.